The monoisotopic (exact) mass is 401 g/mol. The van der Waals surface area contributed by atoms with E-state index >= 15 is 0 Å². The molecule has 2 aliphatic rings. The average molecular weight is 401 g/mol. The maximum absolute atomic E-state index is 12.2. The van der Waals surface area contributed by atoms with Crippen LogP contribution in [0.15, 0.2) is 24.5 Å². The van der Waals surface area contributed by atoms with Crippen LogP contribution in [0.1, 0.15) is 31.2 Å². The molecular formula is C18H23N7O2S. The average Bonchev–Trinajstić information content (AvgIpc) is 3.37. The first-order valence-corrected chi connectivity index (χ1v) is 10.5. The standard InChI is InChI=1S/C18H23N7O2S/c1-11-8-12(6-7-14(11)25-10-19-23-24-25)20-16(26)5-3-2-4-15-17-13(9-28-15)21-18(27)22-17/h6-8,10,13,15,17H,2-5,9H2,1H3,(H,20,26)(H2,21,22,27)/t13-,15-,17-/m0/s1. The summed E-state index contributed by atoms with van der Waals surface area (Å²) in [5.41, 5.74) is 2.63. The number of fused-ring (bicyclic) bond motifs is 1. The molecule has 3 amide bonds. The van der Waals surface area contributed by atoms with Gasteiger partial charge in [0.05, 0.1) is 17.8 Å². The van der Waals surface area contributed by atoms with Crippen LogP contribution in [-0.4, -0.2) is 55.2 Å². The van der Waals surface area contributed by atoms with E-state index in [-0.39, 0.29) is 24.0 Å². The van der Waals surface area contributed by atoms with E-state index in [1.54, 1.807) is 11.0 Å². The van der Waals surface area contributed by atoms with Gasteiger partial charge >= 0.3 is 6.03 Å². The van der Waals surface area contributed by atoms with Gasteiger partial charge in [0.15, 0.2) is 0 Å². The highest BCUT2D eigenvalue weighted by atomic mass is 32.2. The largest absolute Gasteiger partial charge is 0.332 e. The molecule has 0 unspecified atom stereocenters. The number of rotatable bonds is 7. The third-order valence-electron chi connectivity index (χ3n) is 5.16. The van der Waals surface area contributed by atoms with Crippen LogP contribution >= 0.6 is 11.8 Å². The van der Waals surface area contributed by atoms with Gasteiger partial charge < -0.3 is 16.0 Å². The summed E-state index contributed by atoms with van der Waals surface area (Å²) in [7, 11) is 0. The predicted molar refractivity (Wildman–Crippen MR) is 106 cm³/mol. The minimum absolute atomic E-state index is 0.0161. The van der Waals surface area contributed by atoms with Gasteiger partial charge in [0.2, 0.25) is 5.91 Å². The Bertz CT molecular complexity index is 858. The first-order chi connectivity index (χ1) is 13.6. The van der Waals surface area contributed by atoms with Crippen molar-refractivity contribution in [2.75, 3.05) is 11.1 Å². The quantitative estimate of drug-likeness (QED) is 0.480. The number of nitrogens with one attached hydrogen (secondary N) is 3. The lowest BCUT2D eigenvalue weighted by Gasteiger charge is -2.16. The number of nitrogens with zero attached hydrogens (tertiary/aromatic N) is 4. The van der Waals surface area contributed by atoms with Gasteiger partial charge in [-0.1, -0.05) is 6.42 Å². The summed E-state index contributed by atoms with van der Waals surface area (Å²) >= 11 is 1.91. The highest BCUT2D eigenvalue weighted by Crippen LogP contribution is 2.33. The summed E-state index contributed by atoms with van der Waals surface area (Å²) in [5.74, 6) is 0.983. The fraction of sp³-hybridized carbons (Fsp3) is 0.500. The van der Waals surface area contributed by atoms with Crippen LogP contribution in [0.5, 0.6) is 0 Å². The number of hydrogen-bond acceptors (Lipinski definition) is 6. The number of amides is 3. The fourth-order valence-electron chi connectivity index (χ4n) is 3.76. The lowest BCUT2D eigenvalue weighted by Crippen LogP contribution is -2.36. The van der Waals surface area contributed by atoms with Crippen LogP contribution in [0.25, 0.3) is 5.69 Å². The molecule has 148 valence electrons. The second-order valence-electron chi connectivity index (χ2n) is 7.17. The molecule has 1 aromatic heterocycles. The van der Waals surface area contributed by atoms with Crippen LogP contribution in [0, 0.1) is 6.92 Å². The number of anilines is 1. The van der Waals surface area contributed by atoms with Crippen LogP contribution < -0.4 is 16.0 Å². The summed E-state index contributed by atoms with van der Waals surface area (Å²) in [4.78, 5) is 23.6. The van der Waals surface area contributed by atoms with Crippen LogP contribution in [-0.2, 0) is 4.79 Å². The maximum Gasteiger partial charge on any atom is 0.315 e. The molecule has 0 bridgehead atoms. The minimum atomic E-state index is -0.0546. The van der Waals surface area contributed by atoms with Crippen molar-refractivity contribution in [3.63, 3.8) is 0 Å². The molecular weight excluding hydrogens is 378 g/mol. The summed E-state index contributed by atoms with van der Waals surface area (Å²) in [6.07, 6.45) is 4.86. The van der Waals surface area contributed by atoms with Crippen LogP contribution in [0.3, 0.4) is 0 Å². The number of urea groups is 1. The molecule has 3 N–H and O–H groups in total. The normalized spacial score (nSPS) is 23.2. The number of hydrogen-bond donors (Lipinski definition) is 3. The van der Waals surface area contributed by atoms with Crippen molar-refractivity contribution >= 4 is 29.4 Å². The van der Waals surface area contributed by atoms with E-state index in [1.165, 1.54) is 0 Å². The molecule has 2 aromatic rings. The fourth-order valence-corrected chi connectivity index (χ4v) is 5.30. The molecule has 0 saturated carbocycles. The van der Waals surface area contributed by atoms with Crippen molar-refractivity contribution < 1.29 is 9.59 Å². The lowest BCUT2D eigenvalue weighted by atomic mass is 10.0. The van der Waals surface area contributed by atoms with Gasteiger partial charge in [-0.15, -0.1) is 5.10 Å². The molecule has 0 radical (unpaired) electrons. The van der Waals surface area contributed by atoms with Gasteiger partial charge in [0.25, 0.3) is 0 Å². The van der Waals surface area contributed by atoms with Crippen molar-refractivity contribution in [1.29, 1.82) is 0 Å². The number of benzene rings is 1. The number of carbonyl (C=O) groups is 2. The maximum atomic E-state index is 12.2. The minimum Gasteiger partial charge on any atom is -0.332 e. The van der Waals surface area contributed by atoms with E-state index < -0.39 is 0 Å². The van der Waals surface area contributed by atoms with Crippen molar-refractivity contribution in [2.24, 2.45) is 0 Å². The zero-order chi connectivity index (χ0) is 19.5. The Morgan fingerprint density at radius 3 is 3.04 bits per heavy atom. The van der Waals surface area contributed by atoms with Crippen LogP contribution in [0.2, 0.25) is 0 Å². The third kappa shape index (κ3) is 4.11. The number of thioether (sulfide) groups is 1. The second kappa shape index (κ2) is 8.17. The summed E-state index contributed by atoms with van der Waals surface area (Å²) < 4.78 is 1.59. The number of aromatic nitrogens is 4. The molecule has 28 heavy (non-hydrogen) atoms. The molecule has 1 aromatic carbocycles. The van der Waals surface area contributed by atoms with Crippen molar-refractivity contribution in [1.82, 2.24) is 30.8 Å². The van der Waals surface area contributed by atoms with Gasteiger partial charge in [0, 0.05) is 23.1 Å². The highest BCUT2D eigenvalue weighted by molar-refractivity contribution is 8.00. The zero-order valence-corrected chi connectivity index (χ0v) is 16.4. The number of unbranched alkanes of at least 4 members (excludes halogenated alkanes) is 1. The van der Waals surface area contributed by atoms with Crippen molar-refractivity contribution in [2.45, 2.75) is 49.9 Å². The SMILES string of the molecule is Cc1cc(NC(=O)CCCC[C@@H]2SC[C@@H]3NC(=O)N[C@@H]32)ccc1-n1cnnn1. The highest BCUT2D eigenvalue weighted by Gasteiger charge is 2.42. The van der Waals surface area contributed by atoms with Gasteiger partial charge in [-0.3, -0.25) is 4.79 Å². The number of tetrazole rings is 1. The van der Waals surface area contributed by atoms with E-state index in [2.05, 4.69) is 31.5 Å². The Hall–Kier alpha value is -2.62. The topological polar surface area (TPSA) is 114 Å². The molecule has 3 atom stereocenters. The molecule has 3 heterocycles. The molecule has 2 aliphatic heterocycles. The Morgan fingerprint density at radius 2 is 2.25 bits per heavy atom. The Labute approximate surface area is 167 Å². The summed E-state index contributed by atoms with van der Waals surface area (Å²) in [5, 5.41) is 20.5. The lowest BCUT2D eigenvalue weighted by molar-refractivity contribution is -0.116. The van der Waals surface area contributed by atoms with Gasteiger partial charge in [-0.05, 0) is 54.0 Å². The molecule has 0 spiro atoms. The first-order valence-electron chi connectivity index (χ1n) is 9.42. The third-order valence-corrected chi connectivity index (χ3v) is 6.67. The first kappa shape index (κ1) is 18.7. The number of carbonyl (C=O) groups excluding carboxylic acids is 2. The molecule has 2 saturated heterocycles. The predicted octanol–water partition coefficient (Wildman–Crippen LogP) is 1.64. The van der Waals surface area contributed by atoms with Crippen LogP contribution in [0.4, 0.5) is 10.5 Å². The molecule has 4 rings (SSSR count). The Balaban J connectivity index is 1.21. The Kier molecular flexibility index (Phi) is 5.47. The van der Waals surface area contributed by atoms with E-state index in [0.717, 1.165) is 42.0 Å². The van der Waals surface area contributed by atoms with Gasteiger partial charge in [-0.2, -0.15) is 11.8 Å². The zero-order valence-electron chi connectivity index (χ0n) is 15.6. The molecule has 0 aliphatic carbocycles. The second-order valence-corrected chi connectivity index (χ2v) is 8.44. The number of aryl methyl sites for hydroxylation is 1. The Morgan fingerprint density at radius 1 is 1.36 bits per heavy atom. The van der Waals surface area contributed by atoms with E-state index in [0.29, 0.717) is 11.7 Å². The van der Waals surface area contributed by atoms with E-state index in [1.807, 2.05) is 36.9 Å². The summed E-state index contributed by atoms with van der Waals surface area (Å²) in [6.45, 7) is 1.95. The van der Waals surface area contributed by atoms with E-state index in [4.69, 9.17) is 0 Å². The smallest absolute Gasteiger partial charge is 0.315 e. The van der Waals surface area contributed by atoms with Gasteiger partial charge in [0.1, 0.15) is 6.33 Å². The summed E-state index contributed by atoms with van der Waals surface area (Å²) in [6, 6.07) is 6.09. The molecule has 9 nitrogen and oxygen atoms in total. The van der Waals surface area contributed by atoms with E-state index in [9.17, 15) is 9.59 Å². The molecule has 2 fully saturated rings. The van der Waals surface area contributed by atoms with Gasteiger partial charge in [-0.25, -0.2) is 9.48 Å². The van der Waals surface area contributed by atoms with Crippen molar-refractivity contribution in [3.05, 3.63) is 30.1 Å². The van der Waals surface area contributed by atoms with Crippen molar-refractivity contribution in [3.8, 4) is 5.69 Å². The molecule has 10 heteroatoms.